The second kappa shape index (κ2) is 5.97. The first-order valence-corrected chi connectivity index (χ1v) is 6.18. The summed E-state index contributed by atoms with van der Waals surface area (Å²) in [5.74, 6) is 0.0749. The lowest BCUT2D eigenvalue weighted by Gasteiger charge is -2.12. The smallest absolute Gasteiger partial charge is 0.188 e. The van der Waals surface area contributed by atoms with Gasteiger partial charge in [-0.2, -0.15) is 0 Å². The molecule has 0 aliphatic rings. The third-order valence-electron chi connectivity index (χ3n) is 3.21. The van der Waals surface area contributed by atoms with Crippen LogP contribution in [0.4, 0.5) is 0 Å². The van der Waals surface area contributed by atoms with Crippen molar-refractivity contribution in [3.8, 4) is 0 Å². The molecule has 1 aromatic rings. The molecule has 0 fully saturated rings. The lowest BCUT2D eigenvalue weighted by Crippen LogP contribution is -2.16. The van der Waals surface area contributed by atoms with Gasteiger partial charge in [-0.25, -0.2) is 0 Å². The zero-order chi connectivity index (χ0) is 13.0. The predicted octanol–water partition coefficient (Wildman–Crippen LogP) is 3.61. The van der Waals surface area contributed by atoms with E-state index in [4.69, 9.17) is 4.74 Å². The van der Waals surface area contributed by atoms with Gasteiger partial charge in [0.05, 0.1) is 6.10 Å². The minimum Gasteiger partial charge on any atom is -0.370 e. The highest BCUT2D eigenvalue weighted by Crippen LogP contribution is 2.16. The van der Waals surface area contributed by atoms with Crippen molar-refractivity contribution in [2.24, 2.45) is 0 Å². The number of ether oxygens (including phenoxy) is 1. The number of aryl methyl sites for hydroxylation is 3. The minimum atomic E-state index is 0.0749. The van der Waals surface area contributed by atoms with E-state index in [1.165, 1.54) is 5.56 Å². The number of hydrogen-bond donors (Lipinski definition) is 0. The molecule has 1 rings (SSSR count). The molecule has 2 nitrogen and oxygen atoms in total. The summed E-state index contributed by atoms with van der Waals surface area (Å²) in [5, 5.41) is 0. The molecule has 1 aromatic carbocycles. The van der Waals surface area contributed by atoms with Gasteiger partial charge in [0, 0.05) is 5.56 Å². The molecule has 0 aliphatic heterocycles. The van der Waals surface area contributed by atoms with E-state index in [2.05, 4.69) is 19.9 Å². The monoisotopic (exact) mass is 234 g/mol. The molecule has 0 saturated carbocycles. The first-order chi connectivity index (χ1) is 7.95. The molecule has 0 N–H and O–H groups in total. The van der Waals surface area contributed by atoms with Crippen LogP contribution in [0, 0.1) is 20.8 Å². The Morgan fingerprint density at radius 1 is 1.18 bits per heavy atom. The fourth-order valence-electron chi connectivity index (χ4n) is 1.67. The van der Waals surface area contributed by atoms with Crippen molar-refractivity contribution in [1.82, 2.24) is 0 Å². The average Bonchev–Trinajstić information content (AvgIpc) is 2.30. The Morgan fingerprint density at radius 2 is 1.76 bits per heavy atom. The molecule has 0 radical (unpaired) electrons. The van der Waals surface area contributed by atoms with Gasteiger partial charge in [-0.15, -0.1) is 0 Å². The van der Waals surface area contributed by atoms with Crippen LogP contribution in [-0.4, -0.2) is 18.5 Å². The van der Waals surface area contributed by atoms with Gasteiger partial charge < -0.3 is 4.74 Å². The van der Waals surface area contributed by atoms with E-state index >= 15 is 0 Å². The molecule has 0 aromatic heterocycles. The lowest BCUT2D eigenvalue weighted by molar-refractivity contribution is 0.0511. The van der Waals surface area contributed by atoms with Crippen LogP contribution in [0.5, 0.6) is 0 Å². The molecule has 2 heteroatoms. The number of ketones is 1. The SMILES string of the molecule is CCC(C)OCC(=O)c1cc(C)c(C)cc1C. The Morgan fingerprint density at radius 3 is 2.35 bits per heavy atom. The average molecular weight is 234 g/mol. The van der Waals surface area contributed by atoms with Crippen molar-refractivity contribution < 1.29 is 9.53 Å². The zero-order valence-corrected chi connectivity index (χ0v) is 11.5. The summed E-state index contributed by atoms with van der Waals surface area (Å²) in [7, 11) is 0. The third-order valence-corrected chi connectivity index (χ3v) is 3.21. The molecule has 1 atom stereocenters. The van der Waals surface area contributed by atoms with E-state index in [1.54, 1.807) is 0 Å². The summed E-state index contributed by atoms with van der Waals surface area (Å²) < 4.78 is 5.48. The summed E-state index contributed by atoms with van der Waals surface area (Å²) >= 11 is 0. The Balaban J connectivity index is 2.79. The zero-order valence-electron chi connectivity index (χ0n) is 11.5. The quantitative estimate of drug-likeness (QED) is 0.727. The number of Topliss-reactive ketones (excluding diaryl/α,β-unsaturated/α-hetero) is 1. The molecule has 1 unspecified atom stereocenters. The maximum atomic E-state index is 12.0. The summed E-state index contributed by atoms with van der Waals surface area (Å²) in [5.41, 5.74) is 4.20. The Hall–Kier alpha value is -1.15. The van der Waals surface area contributed by atoms with Gasteiger partial charge in [-0.05, 0) is 56.9 Å². The second-order valence-electron chi connectivity index (χ2n) is 4.70. The Bertz CT molecular complexity index is 408. The number of carbonyl (C=O) groups is 1. The van der Waals surface area contributed by atoms with E-state index in [-0.39, 0.29) is 18.5 Å². The summed E-state index contributed by atoms with van der Waals surface area (Å²) in [4.78, 5) is 12.0. The van der Waals surface area contributed by atoms with Gasteiger partial charge >= 0.3 is 0 Å². The maximum absolute atomic E-state index is 12.0. The van der Waals surface area contributed by atoms with E-state index in [0.29, 0.717) is 0 Å². The lowest BCUT2D eigenvalue weighted by atomic mass is 9.98. The summed E-state index contributed by atoms with van der Waals surface area (Å²) in [6, 6.07) is 4.03. The van der Waals surface area contributed by atoms with Crippen LogP contribution < -0.4 is 0 Å². The van der Waals surface area contributed by atoms with Crippen molar-refractivity contribution in [3.05, 3.63) is 34.4 Å². The van der Waals surface area contributed by atoms with Gasteiger partial charge in [-0.3, -0.25) is 4.79 Å². The van der Waals surface area contributed by atoms with Crippen molar-refractivity contribution in [2.45, 2.75) is 47.1 Å². The van der Waals surface area contributed by atoms with Crippen LogP contribution in [0.1, 0.15) is 47.3 Å². The van der Waals surface area contributed by atoms with E-state index in [9.17, 15) is 4.79 Å². The molecular formula is C15H22O2. The van der Waals surface area contributed by atoms with Crippen molar-refractivity contribution in [2.75, 3.05) is 6.61 Å². The van der Waals surface area contributed by atoms with Crippen LogP contribution in [0.3, 0.4) is 0 Å². The fraction of sp³-hybridized carbons (Fsp3) is 0.533. The molecule has 17 heavy (non-hydrogen) atoms. The van der Waals surface area contributed by atoms with E-state index < -0.39 is 0 Å². The fourth-order valence-corrected chi connectivity index (χ4v) is 1.67. The molecule has 0 heterocycles. The molecule has 94 valence electrons. The Labute approximate surface area is 104 Å². The predicted molar refractivity (Wildman–Crippen MR) is 70.7 cm³/mol. The van der Waals surface area contributed by atoms with Crippen LogP contribution in [0.25, 0.3) is 0 Å². The third kappa shape index (κ3) is 3.67. The number of rotatable bonds is 5. The number of carbonyl (C=O) groups excluding carboxylic acids is 1. The van der Waals surface area contributed by atoms with Crippen LogP contribution in [0.15, 0.2) is 12.1 Å². The van der Waals surface area contributed by atoms with Crippen molar-refractivity contribution in [1.29, 1.82) is 0 Å². The molecule has 0 aliphatic carbocycles. The highest BCUT2D eigenvalue weighted by Gasteiger charge is 2.12. The maximum Gasteiger partial charge on any atom is 0.188 e. The normalized spacial score (nSPS) is 12.5. The van der Waals surface area contributed by atoms with Crippen molar-refractivity contribution >= 4 is 5.78 Å². The van der Waals surface area contributed by atoms with Gasteiger partial charge in [0.1, 0.15) is 6.61 Å². The number of hydrogen-bond acceptors (Lipinski definition) is 2. The summed E-state index contributed by atoms with van der Waals surface area (Å²) in [6.45, 7) is 10.3. The first-order valence-electron chi connectivity index (χ1n) is 6.18. The van der Waals surface area contributed by atoms with E-state index in [0.717, 1.165) is 23.1 Å². The highest BCUT2D eigenvalue weighted by molar-refractivity contribution is 5.98. The standard InChI is InChI=1S/C15H22O2/c1-6-13(5)17-9-15(16)14-8-11(3)10(2)7-12(14)4/h7-8,13H,6,9H2,1-5H3. The number of benzene rings is 1. The molecule has 0 spiro atoms. The first kappa shape index (κ1) is 13.9. The molecule has 0 saturated heterocycles. The largest absolute Gasteiger partial charge is 0.370 e. The van der Waals surface area contributed by atoms with Crippen LogP contribution in [0.2, 0.25) is 0 Å². The molecular weight excluding hydrogens is 212 g/mol. The Kier molecular flexibility index (Phi) is 4.88. The van der Waals surface area contributed by atoms with Gasteiger partial charge in [-0.1, -0.05) is 13.0 Å². The minimum absolute atomic E-state index is 0.0749. The van der Waals surface area contributed by atoms with Crippen molar-refractivity contribution in [3.63, 3.8) is 0 Å². The molecule has 0 bridgehead atoms. The van der Waals surface area contributed by atoms with Gasteiger partial charge in [0.25, 0.3) is 0 Å². The highest BCUT2D eigenvalue weighted by atomic mass is 16.5. The van der Waals surface area contributed by atoms with Crippen LogP contribution >= 0.6 is 0 Å². The second-order valence-corrected chi connectivity index (χ2v) is 4.70. The van der Waals surface area contributed by atoms with Gasteiger partial charge in [0.15, 0.2) is 5.78 Å². The topological polar surface area (TPSA) is 26.3 Å². The van der Waals surface area contributed by atoms with Gasteiger partial charge in [0.2, 0.25) is 0 Å². The molecule has 0 amide bonds. The van der Waals surface area contributed by atoms with E-state index in [1.807, 2.05) is 26.8 Å². The van der Waals surface area contributed by atoms with Crippen LogP contribution in [-0.2, 0) is 4.74 Å². The summed E-state index contributed by atoms with van der Waals surface area (Å²) in [6.07, 6.45) is 1.07.